The quantitative estimate of drug-likeness (QED) is 0.405. The lowest BCUT2D eigenvalue weighted by molar-refractivity contribution is -0.384. The van der Waals surface area contributed by atoms with E-state index in [1.165, 1.54) is 6.07 Å². The molecule has 9 heteroatoms. The first-order chi connectivity index (χ1) is 13.4. The summed E-state index contributed by atoms with van der Waals surface area (Å²) in [6.07, 6.45) is 0. The van der Waals surface area contributed by atoms with Crippen molar-refractivity contribution in [2.75, 3.05) is 13.2 Å². The van der Waals surface area contributed by atoms with Crippen molar-refractivity contribution in [2.45, 2.75) is 13.5 Å². The first-order valence-corrected chi connectivity index (χ1v) is 8.46. The van der Waals surface area contributed by atoms with Gasteiger partial charge in [0.15, 0.2) is 0 Å². The summed E-state index contributed by atoms with van der Waals surface area (Å²) in [5.41, 5.74) is 0.243. The maximum absolute atomic E-state index is 12.3. The first kappa shape index (κ1) is 20.6. The normalized spacial score (nSPS) is 10.0. The summed E-state index contributed by atoms with van der Waals surface area (Å²) in [7, 11) is 0. The molecule has 0 radical (unpaired) electrons. The van der Waals surface area contributed by atoms with Crippen LogP contribution in [-0.4, -0.2) is 35.9 Å². The van der Waals surface area contributed by atoms with Crippen LogP contribution in [0.5, 0.6) is 0 Å². The third-order valence-electron chi connectivity index (χ3n) is 3.64. The molecule has 2 amide bonds. The summed E-state index contributed by atoms with van der Waals surface area (Å²) in [4.78, 5) is 46.3. The Hall–Kier alpha value is -3.75. The van der Waals surface area contributed by atoms with Crippen molar-refractivity contribution < 1.29 is 24.0 Å². The highest BCUT2D eigenvalue weighted by atomic mass is 16.6. The van der Waals surface area contributed by atoms with Crippen LogP contribution in [-0.2, 0) is 16.1 Å². The second-order valence-electron chi connectivity index (χ2n) is 5.69. The van der Waals surface area contributed by atoms with Gasteiger partial charge in [-0.25, -0.2) is 4.79 Å². The van der Waals surface area contributed by atoms with Crippen LogP contribution >= 0.6 is 0 Å². The molecule has 0 unspecified atom stereocenters. The smallest absolute Gasteiger partial charge is 0.338 e. The van der Waals surface area contributed by atoms with Gasteiger partial charge in [0.1, 0.15) is 0 Å². The number of non-ortho nitro benzene ring substituents is 1. The molecule has 0 spiro atoms. The lowest BCUT2D eigenvalue weighted by Crippen LogP contribution is -2.36. The number of nitro benzene ring substituents is 1. The van der Waals surface area contributed by atoms with E-state index in [1.54, 1.807) is 6.92 Å². The molecule has 9 nitrogen and oxygen atoms in total. The van der Waals surface area contributed by atoms with Gasteiger partial charge in [-0.3, -0.25) is 19.7 Å². The molecule has 2 aromatic rings. The van der Waals surface area contributed by atoms with E-state index in [0.29, 0.717) is 6.54 Å². The summed E-state index contributed by atoms with van der Waals surface area (Å²) in [6.45, 7) is 1.67. The summed E-state index contributed by atoms with van der Waals surface area (Å²) in [5.74, 6) is -1.92. The zero-order valence-corrected chi connectivity index (χ0v) is 15.1. The SMILES string of the molecule is CCOC(=O)c1cc(C(=O)NCC(=O)NCc2ccccc2)cc([N+](=O)[O-])c1. The van der Waals surface area contributed by atoms with Crippen LogP contribution in [0.25, 0.3) is 0 Å². The molecule has 0 atom stereocenters. The van der Waals surface area contributed by atoms with Gasteiger partial charge in [0, 0.05) is 24.2 Å². The molecule has 2 aromatic carbocycles. The van der Waals surface area contributed by atoms with Crippen molar-refractivity contribution in [3.63, 3.8) is 0 Å². The highest BCUT2D eigenvalue weighted by Crippen LogP contribution is 2.18. The summed E-state index contributed by atoms with van der Waals surface area (Å²) in [6, 6.07) is 12.5. The Labute approximate surface area is 160 Å². The lowest BCUT2D eigenvalue weighted by Gasteiger charge is -2.08. The summed E-state index contributed by atoms with van der Waals surface area (Å²) in [5, 5.41) is 16.1. The fraction of sp³-hybridized carbons (Fsp3) is 0.211. The maximum atomic E-state index is 12.3. The number of nitrogens with one attached hydrogen (secondary N) is 2. The number of nitrogens with zero attached hydrogens (tertiary/aromatic N) is 1. The minimum Gasteiger partial charge on any atom is -0.462 e. The number of amides is 2. The van der Waals surface area contributed by atoms with Gasteiger partial charge in [-0.05, 0) is 18.6 Å². The molecule has 2 rings (SSSR count). The van der Waals surface area contributed by atoms with Gasteiger partial charge >= 0.3 is 5.97 Å². The van der Waals surface area contributed by atoms with Crippen molar-refractivity contribution in [1.29, 1.82) is 0 Å². The molecule has 0 aliphatic heterocycles. The molecule has 28 heavy (non-hydrogen) atoms. The number of esters is 1. The van der Waals surface area contributed by atoms with E-state index in [-0.39, 0.29) is 24.3 Å². The third kappa shape index (κ3) is 5.90. The number of carbonyl (C=O) groups is 3. The van der Waals surface area contributed by atoms with E-state index in [9.17, 15) is 24.5 Å². The van der Waals surface area contributed by atoms with Crippen molar-refractivity contribution in [2.24, 2.45) is 0 Å². The molecule has 0 bridgehead atoms. The summed E-state index contributed by atoms with van der Waals surface area (Å²) >= 11 is 0. The topological polar surface area (TPSA) is 128 Å². The van der Waals surface area contributed by atoms with Gasteiger partial charge in [-0.2, -0.15) is 0 Å². The second-order valence-corrected chi connectivity index (χ2v) is 5.69. The second kappa shape index (κ2) is 9.81. The maximum Gasteiger partial charge on any atom is 0.338 e. The van der Waals surface area contributed by atoms with Gasteiger partial charge < -0.3 is 15.4 Å². The minimum absolute atomic E-state index is 0.0879. The molecule has 2 N–H and O–H groups in total. The molecular formula is C19H19N3O6. The van der Waals surface area contributed by atoms with Crippen LogP contribution in [0.2, 0.25) is 0 Å². The van der Waals surface area contributed by atoms with Crippen molar-refractivity contribution in [3.05, 3.63) is 75.3 Å². The summed E-state index contributed by atoms with van der Waals surface area (Å²) < 4.78 is 4.81. The average Bonchev–Trinajstić information content (AvgIpc) is 2.71. The van der Waals surface area contributed by atoms with Crippen molar-refractivity contribution >= 4 is 23.5 Å². The fourth-order valence-corrected chi connectivity index (χ4v) is 2.30. The van der Waals surface area contributed by atoms with E-state index in [1.807, 2.05) is 30.3 Å². The Morgan fingerprint density at radius 1 is 1.04 bits per heavy atom. The molecule has 0 aliphatic carbocycles. The zero-order valence-electron chi connectivity index (χ0n) is 15.1. The highest BCUT2D eigenvalue weighted by Gasteiger charge is 2.19. The van der Waals surface area contributed by atoms with Crippen LogP contribution in [0.3, 0.4) is 0 Å². The molecule has 146 valence electrons. The van der Waals surface area contributed by atoms with E-state index in [2.05, 4.69) is 10.6 Å². The molecular weight excluding hydrogens is 366 g/mol. The number of ether oxygens (including phenoxy) is 1. The molecule has 0 aliphatic rings. The van der Waals surface area contributed by atoms with Crippen molar-refractivity contribution in [1.82, 2.24) is 10.6 Å². The standard InChI is InChI=1S/C19H19N3O6/c1-2-28-19(25)15-8-14(9-16(10-15)22(26)27)18(24)21-12-17(23)20-11-13-6-4-3-5-7-13/h3-10H,2,11-12H2,1H3,(H,20,23)(H,21,24). The molecule has 0 heterocycles. The molecule has 0 saturated carbocycles. The minimum atomic E-state index is -0.777. The van der Waals surface area contributed by atoms with E-state index < -0.39 is 28.4 Å². The molecule has 0 fully saturated rings. The highest BCUT2D eigenvalue weighted by molar-refractivity contribution is 6.00. The third-order valence-corrected chi connectivity index (χ3v) is 3.64. The predicted molar refractivity (Wildman–Crippen MR) is 99.7 cm³/mol. The number of hydrogen-bond acceptors (Lipinski definition) is 6. The zero-order chi connectivity index (χ0) is 20.5. The largest absolute Gasteiger partial charge is 0.462 e. The number of carbonyl (C=O) groups excluding carboxylic acids is 3. The van der Waals surface area contributed by atoms with Gasteiger partial charge in [0.2, 0.25) is 5.91 Å². The van der Waals surface area contributed by atoms with Crippen molar-refractivity contribution in [3.8, 4) is 0 Å². The number of nitro groups is 1. The Balaban J connectivity index is 2.01. The fourth-order valence-electron chi connectivity index (χ4n) is 2.30. The molecule has 0 saturated heterocycles. The number of rotatable bonds is 8. The van der Waals surface area contributed by atoms with E-state index in [0.717, 1.165) is 17.7 Å². The van der Waals surface area contributed by atoms with Gasteiger partial charge in [0.25, 0.3) is 11.6 Å². The van der Waals surface area contributed by atoms with Gasteiger partial charge in [0.05, 0.1) is 23.6 Å². The van der Waals surface area contributed by atoms with Crippen LogP contribution in [0.4, 0.5) is 5.69 Å². The van der Waals surface area contributed by atoms with Crippen LogP contribution in [0.15, 0.2) is 48.5 Å². The first-order valence-electron chi connectivity index (χ1n) is 8.46. The Bertz CT molecular complexity index is 882. The van der Waals surface area contributed by atoms with Crippen LogP contribution < -0.4 is 10.6 Å². The van der Waals surface area contributed by atoms with Gasteiger partial charge in [-0.15, -0.1) is 0 Å². The lowest BCUT2D eigenvalue weighted by atomic mass is 10.1. The predicted octanol–water partition coefficient (Wildman–Crippen LogP) is 1.82. The van der Waals surface area contributed by atoms with Crippen LogP contribution in [0.1, 0.15) is 33.2 Å². The van der Waals surface area contributed by atoms with Crippen LogP contribution in [0, 0.1) is 10.1 Å². The van der Waals surface area contributed by atoms with E-state index >= 15 is 0 Å². The van der Waals surface area contributed by atoms with E-state index in [4.69, 9.17) is 4.74 Å². The Morgan fingerprint density at radius 3 is 2.36 bits per heavy atom. The Kier molecular flexibility index (Phi) is 7.21. The van der Waals surface area contributed by atoms with Gasteiger partial charge in [-0.1, -0.05) is 30.3 Å². The number of hydrogen-bond donors (Lipinski definition) is 2. The average molecular weight is 385 g/mol. The Morgan fingerprint density at radius 2 is 1.71 bits per heavy atom. The molecule has 0 aromatic heterocycles. The number of benzene rings is 2. The monoisotopic (exact) mass is 385 g/mol.